The van der Waals surface area contributed by atoms with Gasteiger partial charge in [-0.05, 0) is 6.07 Å². The van der Waals surface area contributed by atoms with Gasteiger partial charge in [-0.3, -0.25) is 4.79 Å². The Balaban J connectivity index is 2.24. The first-order chi connectivity index (χ1) is 8.70. The molecule has 0 amide bonds. The summed E-state index contributed by atoms with van der Waals surface area (Å²) in [6, 6.07) is 5.26. The number of benzene rings is 1. The van der Waals surface area contributed by atoms with Crippen LogP contribution in [0.5, 0.6) is 11.5 Å². The van der Waals surface area contributed by atoms with Crippen LogP contribution in [0.25, 0.3) is 0 Å². The quantitative estimate of drug-likeness (QED) is 0.860. The van der Waals surface area contributed by atoms with Gasteiger partial charge in [0.15, 0.2) is 11.5 Å². The summed E-state index contributed by atoms with van der Waals surface area (Å²) in [5, 5.41) is 8.89. The summed E-state index contributed by atoms with van der Waals surface area (Å²) in [6.07, 6.45) is 0.693. The molecule has 1 aromatic rings. The molecule has 1 N–H and O–H groups in total. The zero-order chi connectivity index (χ0) is 13.0. The van der Waals surface area contributed by atoms with Crippen molar-refractivity contribution in [3.8, 4) is 11.5 Å². The number of hydrogen-bond acceptors (Lipinski definition) is 4. The van der Waals surface area contributed by atoms with E-state index in [9.17, 15) is 4.79 Å². The standard InChI is InChI=1S/C13H16O5/c1-16-11-4-2-3-9(7-12(14)15)13(11)18-10-5-6-17-8-10/h2-4,10H,5-8H2,1H3,(H,14,15). The fourth-order valence-electron chi connectivity index (χ4n) is 1.93. The second-order valence-corrected chi connectivity index (χ2v) is 4.12. The van der Waals surface area contributed by atoms with Gasteiger partial charge < -0.3 is 19.3 Å². The lowest BCUT2D eigenvalue weighted by atomic mass is 10.1. The van der Waals surface area contributed by atoms with Crippen LogP contribution in [-0.4, -0.2) is 37.5 Å². The van der Waals surface area contributed by atoms with E-state index in [2.05, 4.69) is 0 Å². The first kappa shape index (κ1) is 12.7. The van der Waals surface area contributed by atoms with E-state index in [1.165, 1.54) is 7.11 Å². The minimum Gasteiger partial charge on any atom is -0.493 e. The van der Waals surface area contributed by atoms with Gasteiger partial charge in [0.2, 0.25) is 0 Å². The molecule has 1 aromatic carbocycles. The Kier molecular flexibility index (Phi) is 4.04. The van der Waals surface area contributed by atoms with Gasteiger partial charge in [-0.1, -0.05) is 12.1 Å². The Labute approximate surface area is 105 Å². The molecule has 1 heterocycles. The Morgan fingerprint density at radius 2 is 2.39 bits per heavy atom. The molecule has 0 spiro atoms. The normalized spacial score (nSPS) is 18.6. The van der Waals surface area contributed by atoms with Crippen molar-refractivity contribution in [1.29, 1.82) is 0 Å². The second kappa shape index (κ2) is 5.73. The van der Waals surface area contributed by atoms with E-state index in [0.717, 1.165) is 6.42 Å². The van der Waals surface area contributed by atoms with Crippen molar-refractivity contribution in [3.05, 3.63) is 23.8 Å². The Morgan fingerprint density at radius 1 is 1.56 bits per heavy atom. The van der Waals surface area contributed by atoms with Crippen molar-refractivity contribution in [1.82, 2.24) is 0 Å². The molecule has 5 heteroatoms. The lowest BCUT2D eigenvalue weighted by Gasteiger charge is -2.17. The van der Waals surface area contributed by atoms with Crippen LogP contribution >= 0.6 is 0 Å². The molecule has 0 bridgehead atoms. The Bertz CT molecular complexity index is 423. The SMILES string of the molecule is COc1cccc(CC(=O)O)c1OC1CCOC1. The maximum atomic E-state index is 10.8. The molecule has 5 nitrogen and oxygen atoms in total. The monoisotopic (exact) mass is 252 g/mol. The Morgan fingerprint density at radius 3 is 3.00 bits per heavy atom. The second-order valence-electron chi connectivity index (χ2n) is 4.12. The third-order valence-corrected chi connectivity index (χ3v) is 2.79. The van der Waals surface area contributed by atoms with E-state index in [1.54, 1.807) is 18.2 Å². The van der Waals surface area contributed by atoms with Gasteiger partial charge in [0, 0.05) is 12.0 Å². The summed E-state index contributed by atoms with van der Waals surface area (Å²) in [5.41, 5.74) is 0.619. The van der Waals surface area contributed by atoms with E-state index in [-0.39, 0.29) is 12.5 Å². The molecule has 1 saturated heterocycles. The number of aliphatic carboxylic acids is 1. The van der Waals surface area contributed by atoms with Crippen LogP contribution in [0.15, 0.2) is 18.2 Å². The van der Waals surface area contributed by atoms with Crippen LogP contribution in [0.3, 0.4) is 0 Å². The number of carboxylic acid groups (broad SMARTS) is 1. The van der Waals surface area contributed by atoms with Crippen LogP contribution in [0, 0.1) is 0 Å². The van der Waals surface area contributed by atoms with Gasteiger partial charge >= 0.3 is 5.97 Å². The fraction of sp³-hybridized carbons (Fsp3) is 0.462. The van der Waals surface area contributed by atoms with Crippen molar-refractivity contribution in [2.75, 3.05) is 20.3 Å². The minimum absolute atomic E-state index is 0.0335. The molecular weight excluding hydrogens is 236 g/mol. The molecule has 1 aliphatic rings. The van der Waals surface area contributed by atoms with Crippen LogP contribution in [0.2, 0.25) is 0 Å². The van der Waals surface area contributed by atoms with Gasteiger partial charge in [-0.15, -0.1) is 0 Å². The lowest BCUT2D eigenvalue weighted by Crippen LogP contribution is -2.17. The van der Waals surface area contributed by atoms with Gasteiger partial charge in [-0.2, -0.15) is 0 Å². The highest BCUT2D eigenvalue weighted by Crippen LogP contribution is 2.33. The minimum atomic E-state index is -0.893. The molecule has 1 atom stereocenters. The van der Waals surface area contributed by atoms with Gasteiger partial charge in [0.05, 0.1) is 26.7 Å². The Hall–Kier alpha value is -1.75. The maximum Gasteiger partial charge on any atom is 0.307 e. The van der Waals surface area contributed by atoms with E-state index in [0.29, 0.717) is 30.3 Å². The van der Waals surface area contributed by atoms with Crippen molar-refractivity contribution < 1.29 is 24.1 Å². The summed E-state index contributed by atoms with van der Waals surface area (Å²) >= 11 is 0. The largest absolute Gasteiger partial charge is 0.493 e. The van der Waals surface area contributed by atoms with E-state index in [1.807, 2.05) is 0 Å². The highest BCUT2D eigenvalue weighted by Gasteiger charge is 2.21. The number of carboxylic acids is 1. The summed E-state index contributed by atoms with van der Waals surface area (Å²) in [4.78, 5) is 10.8. The van der Waals surface area contributed by atoms with Gasteiger partial charge in [0.1, 0.15) is 6.10 Å². The van der Waals surface area contributed by atoms with Crippen LogP contribution < -0.4 is 9.47 Å². The highest BCUT2D eigenvalue weighted by atomic mass is 16.6. The van der Waals surface area contributed by atoms with Crippen LogP contribution in [0.1, 0.15) is 12.0 Å². The van der Waals surface area contributed by atoms with Gasteiger partial charge in [-0.25, -0.2) is 0 Å². The predicted octanol–water partition coefficient (Wildman–Crippen LogP) is 1.49. The van der Waals surface area contributed by atoms with Crippen LogP contribution in [0.4, 0.5) is 0 Å². The van der Waals surface area contributed by atoms with Crippen molar-refractivity contribution in [2.45, 2.75) is 18.9 Å². The topological polar surface area (TPSA) is 65.0 Å². The molecule has 1 unspecified atom stereocenters. The lowest BCUT2D eigenvalue weighted by molar-refractivity contribution is -0.136. The molecule has 1 fully saturated rings. The molecule has 1 aliphatic heterocycles. The third kappa shape index (κ3) is 2.92. The fourth-order valence-corrected chi connectivity index (χ4v) is 1.93. The average molecular weight is 252 g/mol. The number of para-hydroxylation sites is 1. The number of carbonyl (C=O) groups is 1. The zero-order valence-electron chi connectivity index (χ0n) is 10.2. The number of rotatable bonds is 5. The van der Waals surface area contributed by atoms with E-state index >= 15 is 0 Å². The first-order valence-electron chi connectivity index (χ1n) is 5.82. The molecule has 18 heavy (non-hydrogen) atoms. The zero-order valence-corrected chi connectivity index (χ0v) is 10.2. The smallest absolute Gasteiger partial charge is 0.307 e. The van der Waals surface area contributed by atoms with Crippen LogP contribution in [-0.2, 0) is 16.0 Å². The molecule has 0 saturated carbocycles. The van der Waals surface area contributed by atoms with Crippen molar-refractivity contribution in [2.24, 2.45) is 0 Å². The predicted molar refractivity (Wildman–Crippen MR) is 64.2 cm³/mol. The van der Waals surface area contributed by atoms with Crippen molar-refractivity contribution >= 4 is 5.97 Å². The number of hydrogen-bond donors (Lipinski definition) is 1. The summed E-state index contributed by atoms with van der Waals surface area (Å²) < 4.78 is 16.3. The molecule has 0 aliphatic carbocycles. The number of methoxy groups -OCH3 is 1. The van der Waals surface area contributed by atoms with E-state index in [4.69, 9.17) is 19.3 Å². The average Bonchev–Trinajstić information content (AvgIpc) is 2.83. The van der Waals surface area contributed by atoms with Crippen molar-refractivity contribution in [3.63, 3.8) is 0 Å². The maximum absolute atomic E-state index is 10.8. The summed E-state index contributed by atoms with van der Waals surface area (Å²) in [6.45, 7) is 1.21. The molecular formula is C13H16O5. The van der Waals surface area contributed by atoms with E-state index < -0.39 is 5.97 Å². The molecule has 98 valence electrons. The molecule has 2 rings (SSSR count). The first-order valence-corrected chi connectivity index (χ1v) is 5.82. The summed E-state index contributed by atoms with van der Waals surface area (Å²) in [7, 11) is 1.54. The molecule has 0 aromatic heterocycles. The highest BCUT2D eigenvalue weighted by molar-refractivity contribution is 5.72. The number of ether oxygens (including phenoxy) is 3. The molecule has 0 radical (unpaired) electrons. The summed E-state index contributed by atoms with van der Waals surface area (Å²) in [5.74, 6) is 0.175. The third-order valence-electron chi connectivity index (χ3n) is 2.79. The van der Waals surface area contributed by atoms with Gasteiger partial charge in [0.25, 0.3) is 0 Å².